The Morgan fingerprint density at radius 2 is 2.05 bits per heavy atom. The third-order valence-corrected chi connectivity index (χ3v) is 6.72. The molecule has 1 saturated carbocycles. The summed E-state index contributed by atoms with van der Waals surface area (Å²) < 4.78 is 27.3. The van der Waals surface area contributed by atoms with E-state index in [9.17, 15) is 13.2 Å². The minimum atomic E-state index is -3.60. The summed E-state index contributed by atoms with van der Waals surface area (Å²) in [7, 11) is -3.60. The molecule has 7 heteroatoms. The number of aromatic carboxylic acids is 1. The summed E-state index contributed by atoms with van der Waals surface area (Å²) in [5.74, 6) is -0.454. The standard InChI is InChI=1S/C13H19NO4S2/c1-9-3-2-4-10(6-5-9)14-20(17,18)12-8-7-11(19-12)13(15)16/h7-10,14H,2-6H2,1H3,(H,15,16). The molecule has 1 heterocycles. The quantitative estimate of drug-likeness (QED) is 0.836. The molecule has 2 atom stereocenters. The Morgan fingerprint density at radius 1 is 1.30 bits per heavy atom. The van der Waals surface area contributed by atoms with Gasteiger partial charge in [-0.25, -0.2) is 17.9 Å². The van der Waals surface area contributed by atoms with Crippen molar-refractivity contribution in [1.82, 2.24) is 4.72 Å². The molecule has 0 radical (unpaired) electrons. The van der Waals surface area contributed by atoms with Gasteiger partial charge < -0.3 is 5.11 Å². The second-order valence-electron chi connectivity index (χ2n) is 5.36. The SMILES string of the molecule is CC1CCCC(NS(=O)(=O)c2ccc(C(=O)O)s2)CC1. The van der Waals surface area contributed by atoms with E-state index in [4.69, 9.17) is 5.11 Å². The molecule has 2 N–H and O–H groups in total. The lowest BCUT2D eigenvalue weighted by Gasteiger charge is -2.15. The fourth-order valence-corrected chi connectivity index (χ4v) is 4.93. The Labute approximate surface area is 123 Å². The molecule has 0 aromatic carbocycles. The van der Waals surface area contributed by atoms with E-state index in [1.54, 1.807) is 0 Å². The predicted octanol–water partition coefficient (Wildman–Crippen LogP) is 2.69. The van der Waals surface area contributed by atoms with E-state index in [1.807, 2.05) is 0 Å². The van der Waals surface area contributed by atoms with Crippen LogP contribution in [-0.2, 0) is 10.0 Å². The van der Waals surface area contributed by atoms with E-state index in [0.29, 0.717) is 5.92 Å². The van der Waals surface area contributed by atoms with Gasteiger partial charge in [0, 0.05) is 6.04 Å². The topological polar surface area (TPSA) is 83.5 Å². The van der Waals surface area contributed by atoms with Crippen molar-refractivity contribution in [3.63, 3.8) is 0 Å². The van der Waals surface area contributed by atoms with Crippen molar-refractivity contribution in [3.8, 4) is 0 Å². The molecular formula is C13H19NO4S2. The summed E-state index contributed by atoms with van der Waals surface area (Å²) in [6, 6.07) is 2.65. The summed E-state index contributed by atoms with van der Waals surface area (Å²) in [5.41, 5.74) is 0. The van der Waals surface area contributed by atoms with Gasteiger partial charge >= 0.3 is 5.97 Å². The lowest BCUT2D eigenvalue weighted by Crippen LogP contribution is -2.34. The maximum atomic E-state index is 12.2. The molecule has 1 fully saturated rings. The molecule has 2 unspecified atom stereocenters. The summed E-state index contributed by atoms with van der Waals surface area (Å²) in [6.45, 7) is 2.19. The monoisotopic (exact) mass is 317 g/mol. The van der Waals surface area contributed by atoms with Crippen LogP contribution in [0.1, 0.15) is 48.7 Å². The largest absolute Gasteiger partial charge is 0.477 e. The van der Waals surface area contributed by atoms with Crippen molar-refractivity contribution in [2.45, 2.75) is 49.3 Å². The first-order valence-corrected chi connectivity index (χ1v) is 9.04. The Morgan fingerprint density at radius 3 is 2.70 bits per heavy atom. The lowest BCUT2D eigenvalue weighted by molar-refractivity contribution is 0.0702. The van der Waals surface area contributed by atoms with Crippen molar-refractivity contribution in [2.24, 2.45) is 5.92 Å². The number of nitrogens with one attached hydrogen (secondary N) is 1. The molecule has 0 amide bonds. The molecule has 0 saturated heterocycles. The Balaban J connectivity index is 2.08. The summed E-state index contributed by atoms with van der Waals surface area (Å²) in [6.07, 6.45) is 4.88. The second kappa shape index (κ2) is 6.24. The number of carboxylic acid groups (broad SMARTS) is 1. The zero-order chi connectivity index (χ0) is 14.8. The minimum absolute atomic E-state index is 0.0414. The number of hydrogen-bond acceptors (Lipinski definition) is 4. The molecule has 5 nitrogen and oxygen atoms in total. The predicted molar refractivity (Wildman–Crippen MR) is 77.6 cm³/mol. The van der Waals surface area contributed by atoms with Crippen LogP contribution in [0.2, 0.25) is 0 Å². The molecule has 1 aliphatic carbocycles. The molecule has 1 aromatic rings. The zero-order valence-corrected chi connectivity index (χ0v) is 13.0. The van der Waals surface area contributed by atoms with Gasteiger partial charge in [0.2, 0.25) is 10.0 Å². The van der Waals surface area contributed by atoms with Crippen LogP contribution in [0.4, 0.5) is 0 Å². The van der Waals surface area contributed by atoms with Crippen LogP contribution < -0.4 is 4.72 Å². The van der Waals surface area contributed by atoms with Gasteiger partial charge in [-0.3, -0.25) is 0 Å². The maximum Gasteiger partial charge on any atom is 0.345 e. The van der Waals surface area contributed by atoms with Crippen LogP contribution in [0, 0.1) is 5.92 Å². The van der Waals surface area contributed by atoms with E-state index >= 15 is 0 Å². The van der Waals surface area contributed by atoms with E-state index in [-0.39, 0.29) is 15.1 Å². The van der Waals surface area contributed by atoms with E-state index in [0.717, 1.165) is 43.4 Å². The number of thiophene rings is 1. The van der Waals surface area contributed by atoms with Gasteiger partial charge in [-0.2, -0.15) is 0 Å². The van der Waals surface area contributed by atoms with Crippen molar-refractivity contribution in [2.75, 3.05) is 0 Å². The van der Waals surface area contributed by atoms with Gasteiger partial charge in [-0.1, -0.05) is 19.8 Å². The molecular weight excluding hydrogens is 298 g/mol. The normalized spacial score (nSPS) is 24.2. The second-order valence-corrected chi connectivity index (χ2v) is 8.38. The van der Waals surface area contributed by atoms with Crippen LogP contribution >= 0.6 is 11.3 Å². The average Bonchev–Trinajstić information content (AvgIpc) is 2.78. The highest BCUT2D eigenvalue weighted by molar-refractivity contribution is 7.91. The summed E-state index contributed by atoms with van der Waals surface area (Å²) in [4.78, 5) is 10.8. The Bertz CT molecular complexity index is 579. The van der Waals surface area contributed by atoms with Crippen LogP contribution in [0.3, 0.4) is 0 Å². The number of hydrogen-bond donors (Lipinski definition) is 2. The summed E-state index contributed by atoms with van der Waals surface area (Å²) in [5, 5.41) is 8.85. The number of carbonyl (C=O) groups is 1. The number of rotatable bonds is 4. The Kier molecular flexibility index (Phi) is 4.82. The van der Waals surface area contributed by atoms with Crippen LogP contribution in [0.5, 0.6) is 0 Å². The van der Waals surface area contributed by atoms with Gasteiger partial charge in [0.25, 0.3) is 0 Å². The number of sulfonamides is 1. The molecule has 0 spiro atoms. The van der Waals surface area contributed by atoms with Gasteiger partial charge in [0.1, 0.15) is 9.09 Å². The highest BCUT2D eigenvalue weighted by Crippen LogP contribution is 2.26. The molecule has 20 heavy (non-hydrogen) atoms. The molecule has 112 valence electrons. The van der Waals surface area contributed by atoms with Gasteiger partial charge in [0.05, 0.1) is 0 Å². The smallest absolute Gasteiger partial charge is 0.345 e. The first-order chi connectivity index (χ1) is 9.38. The first-order valence-electron chi connectivity index (χ1n) is 6.74. The third-order valence-electron chi connectivity index (χ3n) is 3.64. The Hall–Kier alpha value is -0.920. The van der Waals surface area contributed by atoms with Crippen molar-refractivity contribution >= 4 is 27.3 Å². The number of carboxylic acids is 1. The molecule has 1 aromatic heterocycles. The van der Waals surface area contributed by atoms with Crippen molar-refractivity contribution < 1.29 is 18.3 Å². The minimum Gasteiger partial charge on any atom is -0.477 e. The molecule has 0 bridgehead atoms. The van der Waals surface area contributed by atoms with Crippen LogP contribution in [0.25, 0.3) is 0 Å². The van der Waals surface area contributed by atoms with Crippen molar-refractivity contribution in [3.05, 3.63) is 17.0 Å². The lowest BCUT2D eigenvalue weighted by atomic mass is 10.0. The van der Waals surface area contributed by atoms with Gasteiger partial charge in [-0.15, -0.1) is 11.3 Å². The highest BCUT2D eigenvalue weighted by atomic mass is 32.2. The molecule has 0 aliphatic heterocycles. The van der Waals surface area contributed by atoms with Crippen molar-refractivity contribution in [1.29, 1.82) is 0 Å². The summed E-state index contributed by atoms with van der Waals surface area (Å²) >= 11 is 0.792. The zero-order valence-electron chi connectivity index (χ0n) is 11.3. The fourth-order valence-electron chi connectivity index (χ4n) is 2.46. The highest BCUT2D eigenvalue weighted by Gasteiger charge is 2.24. The maximum absolute atomic E-state index is 12.2. The molecule has 2 rings (SSSR count). The first kappa shape index (κ1) is 15.5. The van der Waals surface area contributed by atoms with Gasteiger partial charge in [0.15, 0.2) is 0 Å². The molecule has 1 aliphatic rings. The van der Waals surface area contributed by atoms with E-state index < -0.39 is 16.0 Å². The van der Waals surface area contributed by atoms with E-state index in [2.05, 4.69) is 11.6 Å². The average molecular weight is 317 g/mol. The van der Waals surface area contributed by atoms with Crippen LogP contribution in [-0.4, -0.2) is 25.5 Å². The van der Waals surface area contributed by atoms with Gasteiger partial charge in [-0.05, 0) is 37.3 Å². The fraction of sp³-hybridized carbons (Fsp3) is 0.615. The third kappa shape index (κ3) is 3.80. The van der Waals surface area contributed by atoms with E-state index in [1.165, 1.54) is 12.1 Å². The van der Waals surface area contributed by atoms with Crippen LogP contribution in [0.15, 0.2) is 16.3 Å².